The smallest absolute Gasteiger partial charge is 0.352 e. The highest BCUT2D eigenvalue weighted by Crippen LogP contribution is 2.28. The van der Waals surface area contributed by atoms with Crippen LogP contribution in [0, 0.1) is 0 Å². The summed E-state index contributed by atoms with van der Waals surface area (Å²) in [5, 5.41) is 3.90. The number of fused-ring (bicyclic) bond motifs is 3. The summed E-state index contributed by atoms with van der Waals surface area (Å²) < 4.78 is 10.8. The number of aryl methyl sites for hydroxylation is 3. The molecule has 0 N–H and O–H groups in total. The Hall–Kier alpha value is -2.13. The molecule has 1 aliphatic rings. The van der Waals surface area contributed by atoms with Gasteiger partial charge in [0.1, 0.15) is 6.61 Å². The van der Waals surface area contributed by atoms with E-state index in [0.717, 1.165) is 42.9 Å². The lowest BCUT2D eigenvalue weighted by Crippen LogP contribution is -2.18. The number of carbonyl (C=O) groups excluding carboxylic acids is 1. The number of aromatic nitrogens is 4. The molecule has 0 spiro atoms. The van der Waals surface area contributed by atoms with Crippen LogP contribution in [0.25, 0.3) is 4.96 Å². The summed E-state index contributed by atoms with van der Waals surface area (Å²) in [6.45, 7) is 1.87. The highest BCUT2D eigenvalue weighted by molar-refractivity contribution is 7.17. The van der Waals surface area contributed by atoms with Crippen LogP contribution < -0.4 is 5.56 Å². The van der Waals surface area contributed by atoms with Crippen molar-refractivity contribution < 1.29 is 9.53 Å². The SMILES string of the molecule is CCc1nnsc1C(=O)OCc1cc(=O)n2c3c(sc2n1)CCCC3. The van der Waals surface area contributed by atoms with Crippen LogP contribution in [0.4, 0.5) is 0 Å². The van der Waals surface area contributed by atoms with Gasteiger partial charge in [0.25, 0.3) is 5.56 Å². The van der Waals surface area contributed by atoms with Crippen LogP contribution >= 0.6 is 22.9 Å². The van der Waals surface area contributed by atoms with Gasteiger partial charge >= 0.3 is 5.97 Å². The topological polar surface area (TPSA) is 86.5 Å². The van der Waals surface area contributed by atoms with Crippen molar-refractivity contribution >= 4 is 33.8 Å². The van der Waals surface area contributed by atoms with Crippen molar-refractivity contribution in [2.75, 3.05) is 0 Å². The molecule has 0 amide bonds. The van der Waals surface area contributed by atoms with Crippen molar-refractivity contribution in [3.63, 3.8) is 0 Å². The van der Waals surface area contributed by atoms with E-state index in [1.807, 2.05) is 6.92 Å². The third-order valence-corrected chi connectivity index (χ3v) is 6.13. The molecule has 0 radical (unpaired) electrons. The predicted molar refractivity (Wildman–Crippen MR) is 94.4 cm³/mol. The maximum Gasteiger partial charge on any atom is 0.352 e. The highest BCUT2D eigenvalue weighted by atomic mass is 32.1. The molecule has 3 aromatic rings. The Morgan fingerprint density at radius 1 is 1.36 bits per heavy atom. The van der Waals surface area contributed by atoms with E-state index in [-0.39, 0.29) is 12.2 Å². The first-order valence-corrected chi connectivity index (χ1v) is 9.78. The van der Waals surface area contributed by atoms with Crippen LogP contribution in [0.2, 0.25) is 0 Å². The normalized spacial score (nSPS) is 13.8. The summed E-state index contributed by atoms with van der Waals surface area (Å²) in [5.41, 5.74) is 2.08. The summed E-state index contributed by atoms with van der Waals surface area (Å²) in [7, 11) is 0. The molecule has 0 fully saturated rings. The maximum atomic E-state index is 12.5. The largest absolute Gasteiger partial charge is 0.455 e. The molecule has 1 aliphatic carbocycles. The minimum absolute atomic E-state index is 0.0335. The van der Waals surface area contributed by atoms with Crippen LogP contribution in [0.5, 0.6) is 0 Å². The minimum atomic E-state index is -0.473. The zero-order valence-electron chi connectivity index (χ0n) is 13.7. The average molecular weight is 376 g/mol. The third-order valence-electron chi connectivity index (χ3n) is 4.24. The summed E-state index contributed by atoms with van der Waals surface area (Å²) in [5.74, 6) is -0.473. The van der Waals surface area contributed by atoms with E-state index < -0.39 is 5.97 Å². The minimum Gasteiger partial charge on any atom is -0.455 e. The second-order valence-electron chi connectivity index (χ2n) is 5.86. The lowest BCUT2D eigenvalue weighted by Gasteiger charge is -2.10. The molecule has 7 nitrogen and oxygen atoms in total. The van der Waals surface area contributed by atoms with Gasteiger partial charge in [-0.05, 0) is 43.6 Å². The van der Waals surface area contributed by atoms with Gasteiger partial charge in [0, 0.05) is 16.6 Å². The predicted octanol–water partition coefficient (Wildman–Crippen LogP) is 2.41. The monoisotopic (exact) mass is 376 g/mol. The molecule has 9 heteroatoms. The molecule has 0 aliphatic heterocycles. The molecule has 0 saturated carbocycles. The van der Waals surface area contributed by atoms with Crippen molar-refractivity contribution in [3.05, 3.63) is 43.3 Å². The van der Waals surface area contributed by atoms with E-state index in [2.05, 4.69) is 14.6 Å². The Morgan fingerprint density at radius 2 is 2.20 bits per heavy atom. The molecule has 4 rings (SSSR count). The van der Waals surface area contributed by atoms with Gasteiger partial charge in [0.2, 0.25) is 0 Å². The number of ether oxygens (including phenoxy) is 1. The van der Waals surface area contributed by atoms with Crippen molar-refractivity contribution in [1.82, 2.24) is 19.0 Å². The Morgan fingerprint density at radius 3 is 3.04 bits per heavy atom. The molecule has 3 aromatic heterocycles. The molecular formula is C16H16N4O3S2. The standard InChI is InChI=1S/C16H16N4O3S2/c1-2-10-14(25-19-18-10)15(22)23-8-9-7-13(21)20-11-5-3-4-6-12(11)24-16(20)17-9/h7H,2-6,8H2,1H3. The van der Waals surface area contributed by atoms with E-state index in [9.17, 15) is 9.59 Å². The molecule has 3 heterocycles. The van der Waals surface area contributed by atoms with E-state index in [4.69, 9.17) is 4.74 Å². The zero-order chi connectivity index (χ0) is 17.4. The van der Waals surface area contributed by atoms with Crippen LogP contribution in [-0.2, 0) is 30.6 Å². The number of rotatable bonds is 4. The van der Waals surface area contributed by atoms with Crippen LogP contribution in [0.1, 0.15) is 51.4 Å². The van der Waals surface area contributed by atoms with Gasteiger partial charge in [-0.25, -0.2) is 9.78 Å². The lowest BCUT2D eigenvalue weighted by atomic mass is 10.0. The Balaban J connectivity index is 1.58. The van der Waals surface area contributed by atoms with Crippen molar-refractivity contribution in [1.29, 1.82) is 0 Å². The van der Waals surface area contributed by atoms with Gasteiger partial charge in [-0.3, -0.25) is 9.20 Å². The maximum absolute atomic E-state index is 12.5. The van der Waals surface area contributed by atoms with Crippen molar-refractivity contribution in [3.8, 4) is 0 Å². The first kappa shape index (κ1) is 16.3. The quantitative estimate of drug-likeness (QED) is 0.650. The van der Waals surface area contributed by atoms with Gasteiger partial charge in [0.15, 0.2) is 9.84 Å². The summed E-state index contributed by atoms with van der Waals surface area (Å²) in [6, 6.07) is 1.45. The van der Waals surface area contributed by atoms with Gasteiger partial charge in [-0.15, -0.1) is 16.4 Å². The average Bonchev–Trinajstić information content (AvgIpc) is 3.23. The lowest BCUT2D eigenvalue weighted by molar-refractivity contribution is 0.0472. The molecule has 130 valence electrons. The van der Waals surface area contributed by atoms with E-state index in [0.29, 0.717) is 27.6 Å². The molecule has 0 saturated heterocycles. The van der Waals surface area contributed by atoms with Crippen LogP contribution in [0.3, 0.4) is 0 Å². The molecule has 0 unspecified atom stereocenters. The summed E-state index contributed by atoms with van der Waals surface area (Å²) >= 11 is 2.58. The number of carbonyl (C=O) groups is 1. The molecular weight excluding hydrogens is 360 g/mol. The molecule has 0 aromatic carbocycles. The first-order chi connectivity index (χ1) is 12.2. The second kappa shape index (κ2) is 6.64. The van der Waals surface area contributed by atoms with Gasteiger partial charge < -0.3 is 4.74 Å². The Bertz CT molecular complexity index is 1000. The van der Waals surface area contributed by atoms with Crippen LogP contribution in [-0.4, -0.2) is 24.9 Å². The van der Waals surface area contributed by atoms with Crippen LogP contribution in [0.15, 0.2) is 10.9 Å². The fraction of sp³-hybridized carbons (Fsp3) is 0.438. The van der Waals surface area contributed by atoms with Crippen molar-refractivity contribution in [2.24, 2.45) is 0 Å². The number of thiazole rings is 1. The molecule has 0 bridgehead atoms. The third kappa shape index (κ3) is 2.98. The number of hydrogen-bond donors (Lipinski definition) is 0. The Labute approximate surface area is 151 Å². The first-order valence-electron chi connectivity index (χ1n) is 8.19. The number of hydrogen-bond acceptors (Lipinski definition) is 8. The summed E-state index contributed by atoms with van der Waals surface area (Å²) in [4.78, 5) is 31.5. The number of esters is 1. The molecule has 0 atom stereocenters. The zero-order valence-corrected chi connectivity index (χ0v) is 15.3. The summed E-state index contributed by atoms with van der Waals surface area (Å²) in [6.07, 6.45) is 4.80. The van der Waals surface area contributed by atoms with Gasteiger partial charge in [0.05, 0.1) is 11.4 Å². The van der Waals surface area contributed by atoms with Gasteiger partial charge in [-0.2, -0.15) is 0 Å². The van der Waals surface area contributed by atoms with E-state index in [1.165, 1.54) is 10.9 Å². The fourth-order valence-electron chi connectivity index (χ4n) is 3.02. The Kier molecular flexibility index (Phi) is 4.34. The van der Waals surface area contributed by atoms with Gasteiger partial charge in [-0.1, -0.05) is 11.4 Å². The van der Waals surface area contributed by atoms with E-state index in [1.54, 1.807) is 15.7 Å². The highest BCUT2D eigenvalue weighted by Gasteiger charge is 2.20. The molecule has 25 heavy (non-hydrogen) atoms. The van der Waals surface area contributed by atoms with E-state index >= 15 is 0 Å². The fourth-order valence-corrected chi connectivity index (χ4v) is 4.89. The second-order valence-corrected chi connectivity index (χ2v) is 7.68. The van der Waals surface area contributed by atoms with Crippen molar-refractivity contribution in [2.45, 2.75) is 45.6 Å². The number of nitrogens with zero attached hydrogens (tertiary/aromatic N) is 4.